The van der Waals surface area contributed by atoms with Crippen molar-refractivity contribution in [3.05, 3.63) is 72.1 Å². The van der Waals surface area contributed by atoms with E-state index in [0.29, 0.717) is 5.92 Å². The molecule has 26 heavy (non-hydrogen) atoms. The Labute approximate surface area is 153 Å². The molecule has 1 aromatic heterocycles. The molecule has 0 radical (unpaired) electrons. The number of aromatic amines is 1. The smallest absolute Gasteiger partial charge is 0.227 e. The number of carbonyl (C=O) groups excluding carboxylic acids is 1. The van der Waals surface area contributed by atoms with E-state index in [-0.39, 0.29) is 11.8 Å². The van der Waals surface area contributed by atoms with Crippen LogP contribution in [0.1, 0.15) is 36.4 Å². The third-order valence-corrected chi connectivity index (χ3v) is 5.22. The fourth-order valence-corrected chi connectivity index (χ4v) is 3.83. The molecule has 4 heteroatoms. The van der Waals surface area contributed by atoms with Crippen LogP contribution in [0.3, 0.4) is 0 Å². The molecule has 0 spiro atoms. The van der Waals surface area contributed by atoms with Crippen molar-refractivity contribution in [2.24, 2.45) is 5.92 Å². The molecule has 2 aromatic carbocycles. The molecule has 2 N–H and O–H groups in total. The number of aryl methyl sites for hydroxylation is 1. The lowest BCUT2D eigenvalue weighted by atomic mass is 9.96. The number of H-pyrrole nitrogens is 1. The van der Waals surface area contributed by atoms with Crippen molar-refractivity contribution in [3.63, 3.8) is 0 Å². The summed E-state index contributed by atoms with van der Waals surface area (Å²) in [5, 5.41) is 3.13. The predicted octanol–water partition coefficient (Wildman–Crippen LogP) is 4.91. The summed E-state index contributed by atoms with van der Waals surface area (Å²) in [6.07, 6.45) is 4.72. The highest BCUT2D eigenvalue weighted by molar-refractivity contribution is 5.96. The van der Waals surface area contributed by atoms with Crippen LogP contribution in [0.5, 0.6) is 0 Å². The molecule has 1 aliphatic carbocycles. The number of aromatic nitrogens is 2. The summed E-state index contributed by atoms with van der Waals surface area (Å²) >= 11 is 0. The van der Waals surface area contributed by atoms with Gasteiger partial charge in [-0.25, -0.2) is 4.98 Å². The van der Waals surface area contributed by atoms with Crippen molar-refractivity contribution in [1.82, 2.24) is 9.97 Å². The van der Waals surface area contributed by atoms with Gasteiger partial charge in [-0.15, -0.1) is 0 Å². The maximum Gasteiger partial charge on any atom is 0.227 e. The molecule has 3 aromatic rings. The fraction of sp³-hybridized carbons (Fsp3) is 0.273. The van der Waals surface area contributed by atoms with Crippen LogP contribution in [-0.4, -0.2) is 15.9 Å². The molecular weight excluding hydrogens is 322 g/mol. The minimum atomic E-state index is 0.0617. The Morgan fingerprint density at radius 3 is 2.62 bits per heavy atom. The van der Waals surface area contributed by atoms with Gasteiger partial charge in [-0.1, -0.05) is 42.5 Å². The number of amides is 1. The minimum Gasteiger partial charge on any atom is -0.342 e. The van der Waals surface area contributed by atoms with E-state index in [9.17, 15) is 4.79 Å². The first-order valence-electron chi connectivity index (χ1n) is 9.17. The highest BCUT2D eigenvalue weighted by Crippen LogP contribution is 2.39. The largest absolute Gasteiger partial charge is 0.342 e. The van der Waals surface area contributed by atoms with Crippen molar-refractivity contribution in [2.75, 3.05) is 5.32 Å². The van der Waals surface area contributed by atoms with Gasteiger partial charge in [0, 0.05) is 23.4 Å². The average molecular weight is 345 g/mol. The van der Waals surface area contributed by atoms with Crippen molar-refractivity contribution < 1.29 is 4.79 Å². The molecule has 1 saturated carbocycles. The minimum absolute atomic E-state index is 0.0617. The number of benzene rings is 2. The maximum absolute atomic E-state index is 12.8. The molecule has 1 amide bonds. The standard InChI is InChI=1S/C22H23N3O/c1-15-14-23-21(24-15)19-9-5-6-10-20(19)25-22(26)18-12-11-17(13-18)16-7-3-2-4-8-16/h2-10,14,17-18H,11-13H2,1H3,(H,23,24)(H,25,26)/t17-,18-/m1/s1. The Hall–Kier alpha value is -2.88. The van der Waals surface area contributed by atoms with Crippen molar-refractivity contribution in [3.8, 4) is 11.4 Å². The zero-order valence-electron chi connectivity index (χ0n) is 14.9. The summed E-state index contributed by atoms with van der Waals surface area (Å²) < 4.78 is 0. The molecule has 4 nitrogen and oxygen atoms in total. The van der Waals surface area contributed by atoms with Crippen LogP contribution < -0.4 is 5.32 Å². The van der Waals surface area contributed by atoms with Crippen molar-refractivity contribution in [2.45, 2.75) is 32.1 Å². The summed E-state index contributed by atoms with van der Waals surface area (Å²) in [7, 11) is 0. The second-order valence-corrected chi connectivity index (χ2v) is 7.07. The second-order valence-electron chi connectivity index (χ2n) is 7.07. The third-order valence-electron chi connectivity index (χ3n) is 5.22. The molecule has 1 aliphatic rings. The number of imidazole rings is 1. The molecule has 132 valence electrons. The zero-order chi connectivity index (χ0) is 17.9. The molecule has 2 atom stereocenters. The number of rotatable bonds is 4. The van der Waals surface area contributed by atoms with Gasteiger partial charge in [0.25, 0.3) is 0 Å². The number of nitrogens with zero attached hydrogens (tertiary/aromatic N) is 1. The molecular formula is C22H23N3O. The van der Waals surface area contributed by atoms with Gasteiger partial charge in [0.15, 0.2) is 0 Å². The SMILES string of the molecule is Cc1cnc(-c2ccccc2NC(=O)[C@@H]2CC[C@@H](c3ccccc3)C2)[nH]1. The van der Waals surface area contributed by atoms with E-state index < -0.39 is 0 Å². The molecule has 4 rings (SSSR count). The van der Waals surface area contributed by atoms with Crippen molar-refractivity contribution in [1.29, 1.82) is 0 Å². The summed E-state index contributed by atoms with van der Waals surface area (Å²) in [4.78, 5) is 20.5. The van der Waals surface area contributed by atoms with E-state index in [1.54, 1.807) is 6.20 Å². The van der Waals surface area contributed by atoms with Gasteiger partial charge >= 0.3 is 0 Å². The molecule has 0 unspecified atom stereocenters. The van der Waals surface area contributed by atoms with Crippen molar-refractivity contribution >= 4 is 11.6 Å². The van der Waals surface area contributed by atoms with Gasteiger partial charge < -0.3 is 10.3 Å². The lowest BCUT2D eigenvalue weighted by Gasteiger charge is -2.14. The lowest BCUT2D eigenvalue weighted by molar-refractivity contribution is -0.119. The van der Waals surface area contributed by atoms with Gasteiger partial charge in [-0.2, -0.15) is 0 Å². The van der Waals surface area contributed by atoms with Crippen LogP contribution in [0, 0.1) is 12.8 Å². The summed E-state index contributed by atoms with van der Waals surface area (Å²) in [6, 6.07) is 18.3. The van der Waals surface area contributed by atoms with E-state index in [0.717, 1.165) is 42.0 Å². The number of hydrogen-bond donors (Lipinski definition) is 2. The monoisotopic (exact) mass is 345 g/mol. The van der Waals surface area contributed by atoms with E-state index >= 15 is 0 Å². The highest BCUT2D eigenvalue weighted by atomic mass is 16.1. The Kier molecular flexibility index (Phi) is 4.57. The van der Waals surface area contributed by atoms with Crippen LogP contribution in [0.4, 0.5) is 5.69 Å². The summed E-state index contributed by atoms with van der Waals surface area (Å²) in [5.41, 5.74) is 4.08. The van der Waals surface area contributed by atoms with Crippen LogP contribution in [0.15, 0.2) is 60.8 Å². The van der Waals surface area contributed by atoms with Crippen LogP contribution in [-0.2, 0) is 4.79 Å². The Balaban J connectivity index is 1.48. The average Bonchev–Trinajstić information content (AvgIpc) is 3.32. The van der Waals surface area contributed by atoms with E-state index in [1.807, 2.05) is 37.3 Å². The Morgan fingerprint density at radius 2 is 1.85 bits per heavy atom. The fourth-order valence-electron chi connectivity index (χ4n) is 3.83. The van der Waals surface area contributed by atoms with Crippen LogP contribution in [0.2, 0.25) is 0 Å². The third kappa shape index (κ3) is 3.40. The van der Waals surface area contributed by atoms with E-state index in [1.165, 1.54) is 5.56 Å². The predicted molar refractivity (Wildman–Crippen MR) is 104 cm³/mol. The Morgan fingerprint density at radius 1 is 1.08 bits per heavy atom. The number of hydrogen-bond acceptors (Lipinski definition) is 2. The quantitative estimate of drug-likeness (QED) is 0.706. The highest BCUT2D eigenvalue weighted by Gasteiger charge is 2.31. The van der Waals surface area contributed by atoms with Gasteiger partial charge in [-0.05, 0) is 49.8 Å². The maximum atomic E-state index is 12.8. The first-order chi connectivity index (χ1) is 12.7. The zero-order valence-corrected chi connectivity index (χ0v) is 14.9. The molecule has 1 fully saturated rings. The first kappa shape index (κ1) is 16.6. The van der Waals surface area contributed by atoms with E-state index in [4.69, 9.17) is 0 Å². The lowest BCUT2D eigenvalue weighted by Crippen LogP contribution is -2.21. The molecule has 1 heterocycles. The number of carbonyl (C=O) groups is 1. The topological polar surface area (TPSA) is 57.8 Å². The second kappa shape index (κ2) is 7.16. The van der Waals surface area contributed by atoms with Crippen LogP contribution in [0.25, 0.3) is 11.4 Å². The molecule has 0 saturated heterocycles. The summed E-state index contributed by atoms with van der Waals surface area (Å²) in [5.74, 6) is 1.44. The van der Waals surface area contributed by atoms with Gasteiger partial charge in [-0.3, -0.25) is 4.79 Å². The first-order valence-corrected chi connectivity index (χ1v) is 9.17. The number of para-hydroxylation sites is 1. The number of anilines is 1. The molecule has 0 aliphatic heterocycles. The summed E-state index contributed by atoms with van der Waals surface area (Å²) in [6.45, 7) is 1.97. The molecule has 0 bridgehead atoms. The van der Waals surface area contributed by atoms with Crippen LogP contribution >= 0.6 is 0 Å². The van der Waals surface area contributed by atoms with E-state index in [2.05, 4.69) is 39.6 Å². The normalized spacial score (nSPS) is 19.4. The van der Waals surface area contributed by atoms with Gasteiger partial charge in [0.1, 0.15) is 5.82 Å². The van der Waals surface area contributed by atoms with Gasteiger partial charge in [0.2, 0.25) is 5.91 Å². The van der Waals surface area contributed by atoms with Gasteiger partial charge in [0.05, 0.1) is 5.69 Å². The Bertz CT molecular complexity index is 901. The number of nitrogens with one attached hydrogen (secondary N) is 2.